The second-order valence-electron chi connectivity index (χ2n) is 6.59. The first kappa shape index (κ1) is 21.0. The van der Waals surface area contributed by atoms with E-state index in [0.717, 1.165) is 17.1 Å². The SMILES string of the molecule is COC[C@@H](C)NC(=O)CSc1nnc(Cc2ccccc2)n1-c1ccc(F)cc1. The third-order valence-corrected chi connectivity index (χ3v) is 5.08. The van der Waals surface area contributed by atoms with Gasteiger partial charge < -0.3 is 10.1 Å². The maximum Gasteiger partial charge on any atom is 0.230 e. The van der Waals surface area contributed by atoms with E-state index in [2.05, 4.69) is 15.5 Å². The van der Waals surface area contributed by atoms with Gasteiger partial charge in [0.15, 0.2) is 5.16 Å². The zero-order chi connectivity index (χ0) is 20.6. The zero-order valence-corrected chi connectivity index (χ0v) is 17.2. The number of carbonyl (C=O) groups excluding carboxylic acids is 1. The molecule has 29 heavy (non-hydrogen) atoms. The van der Waals surface area contributed by atoms with Gasteiger partial charge in [0.2, 0.25) is 5.91 Å². The van der Waals surface area contributed by atoms with Crippen molar-refractivity contribution in [2.75, 3.05) is 19.5 Å². The van der Waals surface area contributed by atoms with Crippen molar-refractivity contribution in [3.05, 3.63) is 71.8 Å². The van der Waals surface area contributed by atoms with Crippen LogP contribution >= 0.6 is 11.8 Å². The number of nitrogens with zero attached hydrogens (tertiary/aromatic N) is 3. The number of aromatic nitrogens is 3. The van der Waals surface area contributed by atoms with E-state index < -0.39 is 0 Å². The summed E-state index contributed by atoms with van der Waals surface area (Å²) < 4.78 is 20.3. The smallest absolute Gasteiger partial charge is 0.230 e. The van der Waals surface area contributed by atoms with Crippen molar-refractivity contribution in [3.63, 3.8) is 0 Å². The van der Waals surface area contributed by atoms with E-state index in [4.69, 9.17) is 4.74 Å². The number of benzene rings is 2. The molecule has 6 nitrogen and oxygen atoms in total. The molecular formula is C21H23FN4O2S. The van der Waals surface area contributed by atoms with Crippen LogP contribution in [0.1, 0.15) is 18.3 Å². The highest BCUT2D eigenvalue weighted by Gasteiger charge is 2.17. The monoisotopic (exact) mass is 414 g/mol. The van der Waals surface area contributed by atoms with Crippen LogP contribution in [0.4, 0.5) is 4.39 Å². The fourth-order valence-electron chi connectivity index (χ4n) is 2.87. The molecule has 1 N–H and O–H groups in total. The summed E-state index contributed by atoms with van der Waals surface area (Å²) >= 11 is 1.29. The second kappa shape index (κ2) is 10.2. The number of thioether (sulfide) groups is 1. The first-order valence-electron chi connectivity index (χ1n) is 9.22. The van der Waals surface area contributed by atoms with Gasteiger partial charge in [0.05, 0.1) is 12.4 Å². The normalized spacial score (nSPS) is 12.0. The molecule has 0 fully saturated rings. The highest BCUT2D eigenvalue weighted by molar-refractivity contribution is 7.99. The maximum absolute atomic E-state index is 13.4. The van der Waals surface area contributed by atoms with E-state index in [9.17, 15) is 9.18 Å². The van der Waals surface area contributed by atoms with Gasteiger partial charge in [-0.25, -0.2) is 4.39 Å². The molecule has 0 spiro atoms. The lowest BCUT2D eigenvalue weighted by molar-refractivity contribution is -0.119. The lowest BCUT2D eigenvalue weighted by Crippen LogP contribution is -2.36. The van der Waals surface area contributed by atoms with Crippen LogP contribution in [0.5, 0.6) is 0 Å². The fraction of sp³-hybridized carbons (Fsp3) is 0.286. The summed E-state index contributed by atoms with van der Waals surface area (Å²) in [6.07, 6.45) is 0.572. The number of halogens is 1. The minimum atomic E-state index is -0.313. The minimum absolute atomic E-state index is 0.0725. The third kappa shape index (κ3) is 5.88. The van der Waals surface area contributed by atoms with Crippen LogP contribution in [0.3, 0.4) is 0 Å². The Balaban J connectivity index is 1.81. The van der Waals surface area contributed by atoms with Gasteiger partial charge in [0, 0.05) is 25.3 Å². The molecule has 0 saturated heterocycles. The van der Waals surface area contributed by atoms with Crippen LogP contribution < -0.4 is 5.32 Å². The van der Waals surface area contributed by atoms with Crippen molar-refractivity contribution in [1.82, 2.24) is 20.1 Å². The van der Waals surface area contributed by atoms with Crippen LogP contribution in [0, 0.1) is 5.82 Å². The van der Waals surface area contributed by atoms with Gasteiger partial charge in [-0.1, -0.05) is 42.1 Å². The molecule has 8 heteroatoms. The quantitative estimate of drug-likeness (QED) is 0.545. The number of hydrogen-bond donors (Lipinski definition) is 1. The largest absolute Gasteiger partial charge is 0.383 e. The van der Waals surface area contributed by atoms with Gasteiger partial charge in [-0.05, 0) is 36.8 Å². The van der Waals surface area contributed by atoms with Crippen LogP contribution in [-0.4, -0.2) is 46.2 Å². The molecule has 0 aliphatic heterocycles. The predicted octanol–water partition coefficient (Wildman–Crippen LogP) is 3.24. The standard InChI is InChI=1S/C21H23FN4O2S/c1-15(13-28-2)23-20(27)14-29-21-25-24-19(12-16-6-4-3-5-7-16)26(21)18-10-8-17(22)9-11-18/h3-11,15H,12-14H2,1-2H3,(H,23,27)/t15-/m1/s1. The number of amides is 1. The Morgan fingerprint density at radius 1 is 1.17 bits per heavy atom. The van der Waals surface area contributed by atoms with Gasteiger partial charge in [0.1, 0.15) is 11.6 Å². The Hall–Kier alpha value is -2.71. The summed E-state index contributed by atoms with van der Waals surface area (Å²) in [5.74, 6) is 0.488. The molecule has 0 bridgehead atoms. The number of nitrogens with one attached hydrogen (secondary N) is 1. The van der Waals surface area contributed by atoms with Crippen molar-refractivity contribution in [3.8, 4) is 5.69 Å². The van der Waals surface area contributed by atoms with Crippen molar-refractivity contribution < 1.29 is 13.9 Å². The van der Waals surface area contributed by atoms with E-state index in [1.54, 1.807) is 19.2 Å². The van der Waals surface area contributed by atoms with Gasteiger partial charge in [-0.2, -0.15) is 0 Å². The summed E-state index contributed by atoms with van der Waals surface area (Å²) in [5.41, 5.74) is 1.84. The van der Waals surface area contributed by atoms with Crippen LogP contribution in [-0.2, 0) is 16.0 Å². The Labute approximate surface area is 173 Å². The first-order valence-corrected chi connectivity index (χ1v) is 10.2. The zero-order valence-electron chi connectivity index (χ0n) is 16.3. The Morgan fingerprint density at radius 2 is 1.90 bits per heavy atom. The number of carbonyl (C=O) groups is 1. The minimum Gasteiger partial charge on any atom is -0.383 e. The highest BCUT2D eigenvalue weighted by Crippen LogP contribution is 2.23. The van der Waals surface area contributed by atoms with E-state index in [0.29, 0.717) is 18.2 Å². The van der Waals surface area contributed by atoms with Gasteiger partial charge in [-0.15, -0.1) is 10.2 Å². The summed E-state index contributed by atoms with van der Waals surface area (Å²) in [6.45, 7) is 2.33. The molecule has 1 heterocycles. The molecule has 1 aromatic heterocycles. The van der Waals surface area contributed by atoms with Crippen molar-refractivity contribution in [2.45, 2.75) is 24.5 Å². The average molecular weight is 415 g/mol. The topological polar surface area (TPSA) is 69.0 Å². The van der Waals surface area contributed by atoms with Crippen LogP contribution in [0.15, 0.2) is 59.8 Å². The number of rotatable bonds is 9. The predicted molar refractivity (Wildman–Crippen MR) is 111 cm³/mol. The maximum atomic E-state index is 13.4. The summed E-state index contributed by atoms with van der Waals surface area (Å²) in [6, 6.07) is 16.0. The number of ether oxygens (including phenoxy) is 1. The van der Waals surface area contributed by atoms with Gasteiger partial charge in [0.25, 0.3) is 0 Å². The molecule has 0 aliphatic carbocycles. The highest BCUT2D eigenvalue weighted by atomic mass is 32.2. The molecule has 1 amide bonds. The van der Waals surface area contributed by atoms with Crippen LogP contribution in [0.25, 0.3) is 5.69 Å². The number of methoxy groups -OCH3 is 1. The lowest BCUT2D eigenvalue weighted by atomic mass is 10.1. The van der Waals surface area contributed by atoms with Gasteiger partial charge in [-0.3, -0.25) is 9.36 Å². The Kier molecular flexibility index (Phi) is 7.37. The van der Waals surface area contributed by atoms with Crippen LogP contribution in [0.2, 0.25) is 0 Å². The third-order valence-electron chi connectivity index (χ3n) is 4.15. The lowest BCUT2D eigenvalue weighted by Gasteiger charge is -2.13. The molecule has 152 valence electrons. The molecule has 3 rings (SSSR count). The summed E-state index contributed by atoms with van der Waals surface area (Å²) in [4.78, 5) is 12.2. The first-order chi connectivity index (χ1) is 14.1. The van der Waals surface area contributed by atoms with Crippen molar-refractivity contribution in [2.24, 2.45) is 0 Å². The molecule has 0 aliphatic rings. The molecular weight excluding hydrogens is 391 g/mol. The fourth-order valence-corrected chi connectivity index (χ4v) is 3.66. The number of hydrogen-bond acceptors (Lipinski definition) is 5. The average Bonchev–Trinajstić information content (AvgIpc) is 3.10. The molecule has 1 atom stereocenters. The molecule has 3 aromatic rings. The van der Waals surface area contributed by atoms with E-state index in [1.807, 2.05) is 41.8 Å². The molecule has 0 radical (unpaired) electrons. The van der Waals surface area contributed by atoms with Crippen molar-refractivity contribution >= 4 is 17.7 Å². The Morgan fingerprint density at radius 3 is 2.59 bits per heavy atom. The Bertz CT molecular complexity index is 932. The van der Waals surface area contributed by atoms with Gasteiger partial charge >= 0.3 is 0 Å². The van der Waals surface area contributed by atoms with E-state index in [-0.39, 0.29) is 23.5 Å². The van der Waals surface area contributed by atoms with E-state index in [1.165, 1.54) is 23.9 Å². The second-order valence-corrected chi connectivity index (χ2v) is 7.53. The molecule has 0 unspecified atom stereocenters. The van der Waals surface area contributed by atoms with Crippen molar-refractivity contribution in [1.29, 1.82) is 0 Å². The van der Waals surface area contributed by atoms with E-state index >= 15 is 0 Å². The molecule has 0 saturated carbocycles. The molecule has 2 aromatic carbocycles. The summed E-state index contributed by atoms with van der Waals surface area (Å²) in [5, 5.41) is 12.1. The summed E-state index contributed by atoms with van der Waals surface area (Å²) in [7, 11) is 1.59.